The summed E-state index contributed by atoms with van der Waals surface area (Å²) >= 11 is 0. The van der Waals surface area contributed by atoms with E-state index in [-0.39, 0.29) is 17.0 Å². The molecule has 0 aliphatic rings. The Labute approximate surface area is 154 Å². The minimum Gasteiger partial charge on any atom is -0.459 e. The lowest BCUT2D eigenvalue weighted by molar-refractivity contribution is -0.384. The third-order valence-electron chi connectivity index (χ3n) is 3.81. The molecule has 0 aliphatic heterocycles. The summed E-state index contributed by atoms with van der Waals surface area (Å²) in [6.45, 7) is 1.79. The van der Waals surface area contributed by atoms with Gasteiger partial charge in [0.15, 0.2) is 5.76 Å². The Morgan fingerprint density at radius 3 is 2.52 bits per heavy atom. The van der Waals surface area contributed by atoms with Crippen LogP contribution in [0, 0.1) is 17.0 Å². The van der Waals surface area contributed by atoms with Crippen molar-refractivity contribution >= 4 is 28.9 Å². The number of hydrogen-bond acceptors (Lipinski definition) is 5. The van der Waals surface area contributed by atoms with Gasteiger partial charge in [0.1, 0.15) is 0 Å². The maximum absolute atomic E-state index is 12.4. The number of nitro benzene ring substituents is 1. The van der Waals surface area contributed by atoms with Gasteiger partial charge in [0.05, 0.1) is 11.2 Å². The Morgan fingerprint density at radius 1 is 1.00 bits per heavy atom. The molecule has 136 valence electrons. The van der Waals surface area contributed by atoms with E-state index in [4.69, 9.17) is 4.42 Å². The molecule has 27 heavy (non-hydrogen) atoms. The normalized spacial score (nSPS) is 10.3. The predicted octanol–water partition coefficient (Wildman–Crippen LogP) is 4.00. The molecular formula is C19H15N3O5. The Hall–Kier alpha value is -3.94. The summed E-state index contributed by atoms with van der Waals surface area (Å²) in [5.74, 6) is -0.742. The molecule has 8 heteroatoms. The monoisotopic (exact) mass is 365 g/mol. The van der Waals surface area contributed by atoms with Crippen molar-refractivity contribution in [2.24, 2.45) is 0 Å². The summed E-state index contributed by atoms with van der Waals surface area (Å²) in [5.41, 5.74) is 1.71. The summed E-state index contributed by atoms with van der Waals surface area (Å²) in [6, 6.07) is 13.6. The zero-order valence-corrected chi connectivity index (χ0v) is 14.3. The van der Waals surface area contributed by atoms with E-state index in [1.165, 1.54) is 36.6 Å². The lowest BCUT2D eigenvalue weighted by Gasteiger charge is -2.11. The predicted molar refractivity (Wildman–Crippen MR) is 98.9 cm³/mol. The van der Waals surface area contributed by atoms with Crippen LogP contribution in [0.4, 0.5) is 17.1 Å². The number of nitrogens with zero attached hydrogens (tertiary/aromatic N) is 1. The molecule has 0 bridgehead atoms. The number of carbonyl (C=O) groups is 2. The van der Waals surface area contributed by atoms with Gasteiger partial charge in [-0.1, -0.05) is 12.1 Å². The SMILES string of the molecule is Cc1ccc(NC(=O)c2ccco2)cc1NC(=O)c1cccc([N+](=O)[O-])c1. The first-order valence-corrected chi connectivity index (χ1v) is 7.95. The van der Waals surface area contributed by atoms with Crippen LogP contribution in [0.2, 0.25) is 0 Å². The summed E-state index contributed by atoms with van der Waals surface area (Å²) < 4.78 is 5.04. The van der Waals surface area contributed by atoms with Crippen molar-refractivity contribution in [1.29, 1.82) is 0 Å². The van der Waals surface area contributed by atoms with Gasteiger partial charge in [-0.15, -0.1) is 0 Å². The van der Waals surface area contributed by atoms with Crippen molar-refractivity contribution in [2.75, 3.05) is 10.6 Å². The van der Waals surface area contributed by atoms with E-state index >= 15 is 0 Å². The Kier molecular flexibility index (Phi) is 4.98. The van der Waals surface area contributed by atoms with Crippen LogP contribution in [-0.2, 0) is 0 Å². The van der Waals surface area contributed by atoms with Crippen LogP contribution < -0.4 is 10.6 Å². The number of carbonyl (C=O) groups excluding carboxylic acids is 2. The summed E-state index contributed by atoms with van der Waals surface area (Å²) in [6.07, 6.45) is 1.40. The number of non-ortho nitro benzene ring substituents is 1. The van der Waals surface area contributed by atoms with Gasteiger partial charge in [0.2, 0.25) is 0 Å². The summed E-state index contributed by atoms with van der Waals surface area (Å²) in [4.78, 5) is 34.8. The van der Waals surface area contributed by atoms with E-state index in [1.807, 2.05) is 0 Å². The van der Waals surface area contributed by atoms with Gasteiger partial charge in [0.25, 0.3) is 17.5 Å². The number of nitrogens with one attached hydrogen (secondary N) is 2. The number of furan rings is 1. The van der Waals surface area contributed by atoms with Crippen molar-refractivity contribution < 1.29 is 18.9 Å². The molecule has 0 fully saturated rings. The maximum atomic E-state index is 12.4. The van der Waals surface area contributed by atoms with Crippen molar-refractivity contribution in [1.82, 2.24) is 0 Å². The first-order valence-electron chi connectivity index (χ1n) is 7.95. The smallest absolute Gasteiger partial charge is 0.291 e. The fourth-order valence-corrected chi connectivity index (χ4v) is 2.39. The van der Waals surface area contributed by atoms with Crippen molar-refractivity contribution in [3.8, 4) is 0 Å². The summed E-state index contributed by atoms with van der Waals surface area (Å²) in [5, 5.41) is 16.2. The molecule has 0 saturated heterocycles. The molecule has 3 aromatic rings. The average Bonchev–Trinajstić information content (AvgIpc) is 3.19. The van der Waals surface area contributed by atoms with Gasteiger partial charge in [-0.2, -0.15) is 0 Å². The molecule has 0 aliphatic carbocycles. The van der Waals surface area contributed by atoms with Gasteiger partial charge in [0, 0.05) is 29.1 Å². The molecule has 0 unspecified atom stereocenters. The first kappa shape index (κ1) is 17.9. The van der Waals surface area contributed by atoms with Gasteiger partial charge in [-0.25, -0.2) is 0 Å². The minimum atomic E-state index is -0.563. The largest absolute Gasteiger partial charge is 0.459 e. The molecule has 0 radical (unpaired) electrons. The molecule has 3 rings (SSSR count). The van der Waals surface area contributed by atoms with E-state index in [9.17, 15) is 19.7 Å². The van der Waals surface area contributed by atoms with E-state index in [0.717, 1.165) is 5.56 Å². The molecule has 8 nitrogen and oxygen atoms in total. The quantitative estimate of drug-likeness (QED) is 0.524. The highest BCUT2D eigenvalue weighted by Crippen LogP contribution is 2.22. The van der Waals surface area contributed by atoms with Gasteiger partial charge >= 0.3 is 0 Å². The second-order valence-corrected chi connectivity index (χ2v) is 5.72. The zero-order valence-electron chi connectivity index (χ0n) is 14.3. The molecule has 0 saturated carbocycles. The van der Waals surface area contributed by atoms with Crippen LogP contribution in [0.3, 0.4) is 0 Å². The number of rotatable bonds is 5. The van der Waals surface area contributed by atoms with Crippen LogP contribution in [0.5, 0.6) is 0 Å². The highest BCUT2D eigenvalue weighted by atomic mass is 16.6. The highest BCUT2D eigenvalue weighted by Gasteiger charge is 2.14. The molecule has 0 spiro atoms. The Morgan fingerprint density at radius 2 is 1.81 bits per heavy atom. The molecule has 2 N–H and O–H groups in total. The highest BCUT2D eigenvalue weighted by molar-refractivity contribution is 6.06. The number of anilines is 2. The zero-order chi connectivity index (χ0) is 19.4. The average molecular weight is 365 g/mol. The van der Waals surface area contributed by atoms with E-state index in [2.05, 4.69) is 10.6 Å². The number of nitro groups is 1. The maximum Gasteiger partial charge on any atom is 0.291 e. The van der Waals surface area contributed by atoms with Crippen molar-refractivity contribution in [2.45, 2.75) is 6.92 Å². The van der Waals surface area contributed by atoms with E-state index in [0.29, 0.717) is 11.4 Å². The second-order valence-electron chi connectivity index (χ2n) is 5.72. The summed E-state index contributed by atoms with van der Waals surface area (Å²) in [7, 11) is 0. The van der Waals surface area contributed by atoms with Gasteiger partial charge in [-0.3, -0.25) is 19.7 Å². The Bertz CT molecular complexity index is 1010. The Balaban J connectivity index is 1.78. The number of amides is 2. The van der Waals surface area contributed by atoms with Crippen LogP contribution in [0.25, 0.3) is 0 Å². The fraction of sp³-hybridized carbons (Fsp3) is 0.0526. The lowest BCUT2D eigenvalue weighted by atomic mass is 10.1. The fourth-order valence-electron chi connectivity index (χ4n) is 2.39. The van der Waals surface area contributed by atoms with Crippen molar-refractivity contribution in [3.63, 3.8) is 0 Å². The molecule has 2 aromatic carbocycles. The molecule has 1 aromatic heterocycles. The number of hydrogen-bond donors (Lipinski definition) is 2. The topological polar surface area (TPSA) is 114 Å². The molecule has 2 amide bonds. The molecule has 1 heterocycles. The first-order chi connectivity index (χ1) is 12.9. The minimum absolute atomic E-state index is 0.161. The van der Waals surface area contributed by atoms with Crippen molar-refractivity contribution in [3.05, 3.63) is 87.9 Å². The van der Waals surface area contributed by atoms with Gasteiger partial charge < -0.3 is 15.1 Å². The number of benzene rings is 2. The third kappa shape index (κ3) is 4.18. The third-order valence-corrected chi connectivity index (χ3v) is 3.81. The van der Waals surface area contributed by atoms with Crippen LogP contribution in [0.15, 0.2) is 65.3 Å². The van der Waals surface area contributed by atoms with Crippen LogP contribution in [0.1, 0.15) is 26.5 Å². The molecule has 0 atom stereocenters. The molecular weight excluding hydrogens is 350 g/mol. The lowest BCUT2D eigenvalue weighted by Crippen LogP contribution is -2.14. The van der Waals surface area contributed by atoms with Crippen LogP contribution in [-0.4, -0.2) is 16.7 Å². The standard InChI is InChI=1S/C19H15N3O5/c1-12-7-8-14(20-19(24)17-6-3-9-27-17)11-16(12)21-18(23)13-4-2-5-15(10-13)22(25)26/h2-11H,1H3,(H,20,24)(H,21,23). The van der Waals surface area contributed by atoms with E-state index in [1.54, 1.807) is 31.2 Å². The van der Waals surface area contributed by atoms with Crippen LogP contribution >= 0.6 is 0 Å². The number of aryl methyl sites for hydroxylation is 1. The second kappa shape index (κ2) is 7.52. The van der Waals surface area contributed by atoms with Gasteiger partial charge in [-0.05, 0) is 42.8 Å². The van der Waals surface area contributed by atoms with E-state index < -0.39 is 16.7 Å².